The van der Waals surface area contributed by atoms with Crippen LogP contribution in [-0.2, 0) is 18.3 Å². The number of ether oxygens (including phenoxy) is 1. The molecule has 6 heteroatoms. The maximum atomic E-state index is 12.2. The lowest BCUT2D eigenvalue weighted by atomic mass is 10.1. The molecule has 130 valence electrons. The highest BCUT2D eigenvalue weighted by Crippen LogP contribution is 2.21. The monoisotopic (exact) mass is 349 g/mol. The van der Waals surface area contributed by atoms with Gasteiger partial charge in [-0.15, -0.1) is 0 Å². The molecule has 0 fully saturated rings. The summed E-state index contributed by atoms with van der Waals surface area (Å²) in [5.41, 5.74) is 4.23. The Kier molecular flexibility index (Phi) is 5.89. The number of halogens is 1. The molecule has 24 heavy (non-hydrogen) atoms. The predicted molar refractivity (Wildman–Crippen MR) is 95.7 cm³/mol. The van der Waals surface area contributed by atoms with Crippen LogP contribution < -0.4 is 10.1 Å². The maximum Gasteiger partial charge on any atom is 0.260 e. The number of carbonyl (C=O) groups is 1. The summed E-state index contributed by atoms with van der Waals surface area (Å²) in [5, 5.41) is 7.98. The molecule has 1 aromatic carbocycles. The Bertz CT molecular complexity index is 740. The highest BCUT2D eigenvalue weighted by atomic mass is 35.5. The molecule has 0 aliphatic heterocycles. The molecular formula is C18H24ClN3O2. The van der Waals surface area contributed by atoms with E-state index in [9.17, 15) is 4.79 Å². The quantitative estimate of drug-likeness (QED) is 0.871. The molecule has 1 amide bonds. The van der Waals surface area contributed by atoms with Gasteiger partial charge in [0.25, 0.3) is 5.91 Å². The van der Waals surface area contributed by atoms with Crippen molar-refractivity contribution in [2.45, 2.75) is 40.2 Å². The van der Waals surface area contributed by atoms with Crippen LogP contribution in [0.4, 0.5) is 0 Å². The number of nitrogens with one attached hydrogen (secondary N) is 1. The van der Waals surface area contributed by atoms with Crippen molar-refractivity contribution < 1.29 is 9.53 Å². The van der Waals surface area contributed by atoms with Crippen LogP contribution >= 0.6 is 11.6 Å². The summed E-state index contributed by atoms with van der Waals surface area (Å²) < 4.78 is 7.54. The Morgan fingerprint density at radius 3 is 2.67 bits per heavy atom. The molecule has 2 rings (SSSR count). The Hall–Kier alpha value is -2.01. The second-order valence-corrected chi connectivity index (χ2v) is 6.39. The summed E-state index contributed by atoms with van der Waals surface area (Å²) in [6.45, 7) is 8.21. The van der Waals surface area contributed by atoms with Gasteiger partial charge >= 0.3 is 0 Å². The fraction of sp³-hybridized carbons (Fsp3) is 0.444. The molecule has 0 bridgehead atoms. The molecule has 0 aliphatic rings. The zero-order valence-corrected chi connectivity index (χ0v) is 15.6. The van der Waals surface area contributed by atoms with Gasteiger partial charge in [0, 0.05) is 24.3 Å². The number of rotatable bonds is 6. The van der Waals surface area contributed by atoms with E-state index >= 15 is 0 Å². The van der Waals surface area contributed by atoms with Gasteiger partial charge in [-0.3, -0.25) is 9.48 Å². The van der Waals surface area contributed by atoms with E-state index in [0.717, 1.165) is 23.4 Å². The summed E-state index contributed by atoms with van der Waals surface area (Å²) in [6, 6.07) is 5.36. The minimum Gasteiger partial charge on any atom is -0.481 e. The van der Waals surface area contributed by atoms with Gasteiger partial charge in [0.15, 0.2) is 6.10 Å². The Labute approximate surface area is 148 Å². The van der Waals surface area contributed by atoms with Gasteiger partial charge in [0.1, 0.15) is 5.75 Å². The molecule has 0 saturated carbocycles. The molecule has 0 spiro atoms. The van der Waals surface area contributed by atoms with Crippen LogP contribution in [0.1, 0.15) is 29.4 Å². The summed E-state index contributed by atoms with van der Waals surface area (Å²) in [6.07, 6.45) is 0.186. The molecule has 5 nitrogen and oxygen atoms in total. The number of benzene rings is 1. The smallest absolute Gasteiger partial charge is 0.260 e. The van der Waals surface area contributed by atoms with E-state index < -0.39 is 6.10 Å². The summed E-state index contributed by atoms with van der Waals surface area (Å²) >= 11 is 5.99. The average Bonchev–Trinajstić information content (AvgIpc) is 2.76. The molecular weight excluding hydrogens is 326 g/mol. The van der Waals surface area contributed by atoms with Crippen LogP contribution in [0.25, 0.3) is 0 Å². The molecule has 0 aliphatic carbocycles. The number of aromatic nitrogens is 2. The largest absolute Gasteiger partial charge is 0.481 e. The lowest BCUT2D eigenvalue weighted by Crippen LogP contribution is -2.37. The zero-order valence-electron chi connectivity index (χ0n) is 14.8. The SMILES string of the molecule is Cc1cc(OC(C)C(=O)NCCc2c(C)nn(C)c2C)ccc1Cl. The first-order valence-corrected chi connectivity index (χ1v) is 8.37. The molecule has 1 aromatic heterocycles. The van der Waals surface area contributed by atoms with Gasteiger partial charge < -0.3 is 10.1 Å². The van der Waals surface area contributed by atoms with Crippen molar-refractivity contribution in [3.63, 3.8) is 0 Å². The number of hydrogen-bond acceptors (Lipinski definition) is 3. The first kappa shape index (κ1) is 18.3. The van der Waals surface area contributed by atoms with Crippen LogP contribution in [0.5, 0.6) is 5.75 Å². The standard InChI is InChI=1S/C18H24ClN3O2/c1-11-10-15(6-7-17(11)19)24-14(4)18(23)20-9-8-16-12(2)21-22(5)13(16)3/h6-7,10,14H,8-9H2,1-5H3,(H,20,23). The van der Waals surface area contributed by atoms with Gasteiger partial charge in [0.05, 0.1) is 5.69 Å². The number of amides is 1. The predicted octanol–water partition coefficient (Wildman–Crippen LogP) is 3.12. The van der Waals surface area contributed by atoms with E-state index in [0.29, 0.717) is 17.3 Å². The van der Waals surface area contributed by atoms with Gasteiger partial charge in [-0.1, -0.05) is 11.6 Å². The Morgan fingerprint density at radius 1 is 1.38 bits per heavy atom. The first-order valence-electron chi connectivity index (χ1n) is 7.99. The Morgan fingerprint density at radius 2 is 2.08 bits per heavy atom. The van der Waals surface area contributed by atoms with Gasteiger partial charge in [-0.05, 0) is 63.4 Å². The Balaban J connectivity index is 1.86. The fourth-order valence-electron chi connectivity index (χ4n) is 2.58. The van der Waals surface area contributed by atoms with Gasteiger partial charge in [-0.2, -0.15) is 5.10 Å². The summed E-state index contributed by atoms with van der Waals surface area (Å²) in [5.74, 6) is 0.500. The minimum atomic E-state index is -0.568. The van der Waals surface area contributed by atoms with Crippen molar-refractivity contribution in [3.05, 3.63) is 45.7 Å². The van der Waals surface area contributed by atoms with Crippen LogP contribution in [-0.4, -0.2) is 28.3 Å². The van der Waals surface area contributed by atoms with E-state index in [2.05, 4.69) is 10.4 Å². The second-order valence-electron chi connectivity index (χ2n) is 5.99. The normalized spacial score (nSPS) is 12.1. The number of aryl methyl sites for hydroxylation is 3. The highest BCUT2D eigenvalue weighted by Gasteiger charge is 2.15. The molecule has 1 N–H and O–H groups in total. The lowest BCUT2D eigenvalue weighted by molar-refractivity contribution is -0.127. The summed E-state index contributed by atoms with van der Waals surface area (Å²) in [7, 11) is 1.93. The molecule has 1 atom stereocenters. The molecule has 1 heterocycles. The van der Waals surface area contributed by atoms with Gasteiger partial charge in [0.2, 0.25) is 0 Å². The van der Waals surface area contributed by atoms with Crippen molar-refractivity contribution in [2.24, 2.45) is 7.05 Å². The minimum absolute atomic E-state index is 0.137. The maximum absolute atomic E-state index is 12.2. The van der Waals surface area contributed by atoms with E-state index in [1.807, 2.05) is 38.6 Å². The van der Waals surface area contributed by atoms with Crippen molar-refractivity contribution >= 4 is 17.5 Å². The van der Waals surface area contributed by atoms with E-state index in [1.165, 1.54) is 5.56 Å². The number of carbonyl (C=O) groups excluding carboxylic acids is 1. The average molecular weight is 350 g/mol. The third-order valence-electron chi connectivity index (χ3n) is 4.14. The number of hydrogen-bond donors (Lipinski definition) is 1. The van der Waals surface area contributed by atoms with Crippen LogP contribution in [0.2, 0.25) is 5.02 Å². The highest BCUT2D eigenvalue weighted by molar-refractivity contribution is 6.31. The van der Waals surface area contributed by atoms with E-state index in [-0.39, 0.29) is 5.91 Å². The van der Waals surface area contributed by atoms with Crippen molar-refractivity contribution in [3.8, 4) is 5.75 Å². The van der Waals surface area contributed by atoms with Crippen molar-refractivity contribution in [1.29, 1.82) is 0 Å². The van der Waals surface area contributed by atoms with Crippen LogP contribution in [0.15, 0.2) is 18.2 Å². The second kappa shape index (κ2) is 7.71. The molecule has 0 radical (unpaired) electrons. The first-order chi connectivity index (χ1) is 11.3. The third kappa shape index (κ3) is 4.29. The van der Waals surface area contributed by atoms with Crippen molar-refractivity contribution in [2.75, 3.05) is 6.54 Å². The fourth-order valence-corrected chi connectivity index (χ4v) is 2.70. The lowest BCUT2D eigenvalue weighted by Gasteiger charge is -2.15. The van der Waals surface area contributed by atoms with Crippen molar-refractivity contribution in [1.82, 2.24) is 15.1 Å². The molecule has 2 aromatic rings. The molecule has 1 unspecified atom stereocenters. The third-order valence-corrected chi connectivity index (χ3v) is 4.57. The zero-order chi connectivity index (χ0) is 17.9. The molecule has 0 saturated heterocycles. The summed E-state index contributed by atoms with van der Waals surface area (Å²) in [4.78, 5) is 12.2. The van der Waals surface area contributed by atoms with Crippen LogP contribution in [0, 0.1) is 20.8 Å². The van der Waals surface area contributed by atoms with E-state index in [4.69, 9.17) is 16.3 Å². The topological polar surface area (TPSA) is 56.1 Å². The van der Waals surface area contributed by atoms with E-state index in [1.54, 1.807) is 19.1 Å². The number of nitrogens with zero attached hydrogens (tertiary/aromatic N) is 2. The van der Waals surface area contributed by atoms with Crippen LogP contribution in [0.3, 0.4) is 0 Å². The van der Waals surface area contributed by atoms with Gasteiger partial charge in [-0.25, -0.2) is 0 Å².